The predicted molar refractivity (Wildman–Crippen MR) is 115 cm³/mol. The molecule has 0 bridgehead atoms. The normalized spacial score (nSPS) is 23.0. The SMILES string of the molecule is Cc1occc1CN(C)C(=NCC1CCS(=O)(=O)C1)NC1CCCC1.I. The van der Waals surface area contributed by atoms with Crippen molar-refractivity contribution in [2.45, 2.75) is 51.6 Å². The van der Waals surface area contributed by atoms with Gasteiger partial charge in [-0.15, -0.1) is 24.0 Å². The van der Waals surface area contributed by atoms with Gasteiger partial charge in [-0.05, 0) is 38.2 Å². The third-order valence-electron chi connectivity index (χ3n) is 5.25. The Labute approximate surface area is 173 Å². The molecule has 0 aromatic carbocycles. The van der Waals surface area contributed by atoms with Crippen LogP contribution in [0.1, 0.15) is 43.4 Å². The molecule has 8 heteroatoms. The quantitative estimate of drug-likeness (QED) is 0.386. The van der Waals surface area contributed by atoms with Crippen LogP contribution in [0, 0.1) is 12.8 Å². The van der Waals surface area contributed by atoms with Crippen molar-refractivity contribution in [2.24, 2.45) is 10.9 Å². The lowest BCUT2D eigenvalue weighted by atomic mass is 10.1. The number of hydrogen-bond donors (Lipinski definition) is 1. The average molecular weight is 495 g/mol. The summed E-state index contributed by atoms with van der Waals surface area (Å²) in [4.78, 5) is 6.89. The zero-order valence-corrected chi connectivity index (χ0v) is 18.8. The lowest BCUT2D eigenvalue weighted by Gasteiger charge is -2.25. The van der Waals surface area contributed by atoms with Gasteiger partial charge in [0.25, 0.3) is 0 Å². The fraction of sp³-hybridized carbons (Fsp3) is 0.722. The molecule has 1 aromatic rings. The van der Waals surface area contributed by atoms with Crippen LogP contribution in [0.2, 0.25) is 0 Å². The highest BCUT2D eigenvalue weighted by Gasteiger charge is 2.28. The molecule has 1 aliphatic heterocycles. The zero-order chi connectivity index (χ0) is 17.9. The van der Waals surface area contributed by atoms with Crippen molar-refractivity contribution in [3.63, 3.8) is 0 Å². The Balaban J connectivity index is 0.00000243. The van der Waals surface area contributed by atoms with Crippen LogP contribution in [0.4, 0.5) is 0 Å². The number of nitrogens with zero attached hydrogens (tertiary/aromatic N) is 2. The highest BCUT2D eigenvalue weighted by Crippen LogP contribution is 2.20. The minimum Gasteiger partial charge on any atom is -0.469 e. The van der Waals surface area contributed by atoms with Gasteiger partial charge in [0.05, 0.1) is 17.8 Å². The molecule has 1 saturated carbocycles. The van der Waals surface area contributed by atoms with Crippen LogP contribution in [0.5, 0.6) is 0 Å². The monoisotopic (exact) mass is 495 g/mol. The number of nitrogens with one attached hydrogen (secondary N) is 1. The molecule has 6 nitrogen and oxygen atoms in total. The Hall–Kier alpha value is -0.770. The Morgan fingerprint density at radius 3 is 2.65 bits per heavy atom. The summed E-state index contributed by atoms with van der Waals surface area (Å²) in [5, 5.41) is 3.59. The Morgan fingerprint density at radius 2 is 2.08 bits per heavy atom. The topological polar surface area (TPSA) is 74.9 Å². The Bertz CT molecular complexity index is 711. The first-order valence-electron chi connectivity index (χ1n) is 9.18. The maximum Gasteiger partial charge on any atom is 0.194 e. The fourth-order valence-electron chi connectivity index (χ4n) is 3.67. The van der Waals surface area contributed by atoms with Crippen molar-refractivity contribution in [3.05, 3.63) is 23.7 Å². The van der Waals surface area contributed by atoms with E-state index in [1.165, 1.54) is 25.7 Å². The summed E-state index contributed by atoms with van der Waals surface area (Å²) in [7, 11) is -0.822. The van der Waals surface area contributed by atoms with Gasteiger partial charge in [0.15, 0.2) is 15.8 Å². The lowest BCUT2D eigenvalue weighted by Crippen LogP contribution is -2.43. The largest absolute Gasteiger partial charge is 0.469 e. The molecule has 1 aromatic heterocycles. The standard InChI is InChI=1S/C18H29N3O3S.HI/c1-14-16(7-9-24-14)12-21(2)18(20-17-5-3-4-6-17)19-11-15-8-10-25(22,23)13-15;/h7,9,15,17H,3-6,8,10-13H2,1-2H3,(H,19,20);1H. The average Bonchev–Trinajstić information content (AvgIpc) is 3.27. The third-order valence-corrected chi connectivity index (χ3v) is 7.09. The molecule has 1 atom stereocenters. The number of aryl methyl sites for hydroxylation is 1. The number of aliphatic imine (C=N–C) groups is 1. The van der Waals surface area contributed by atoms with Crippen molar-refractivity contribution in [1.82, 2.24) is 10.2 Å². The van der Waals surface area contributed by atoms with E-state index in [2.05, 4.69) is 10.2 Å². The summed E-state index contributed by atoms with van der Waals surface area (Å²) < 4.78 is 28.7. The molecule has 3 rings (SSSR count). The molecular formula is C18H30IN3O3S. The zero-order valence-electron chi connectivity index (χ0n) is 15.6. The molecule has 26 heavy (non-hydrogen) atoms. The van der Waals surface area contributed by atoms with E-state index in [-0.39, 0.29) is 35.6 Å². The van der Waals surface area contributed by atoms with E-state index in [0.717, 1.165) is 30.2 Å². The molecule has 1 aliphatic carbocycles. The van der Waals surface area contributed by atoms with Gasteiger partial charge >= 0.3 is 0 Å². The lowest BCUT2D eigenvalue weighted by molar-refractivity contribution is 0.445. The van der Waals surface area contributed by atoms with Crippen molar-refractivity contribution >= 4 is 39.8 Å². The van der Waals surface area contributed by atoms with E-state index in [1.54, 1.807) is 6.26 Å². The van der Waals surface area contributed by atoms with Gasteiger partial charge in [-0.2, -0.15) is 0 Å². The van der Waals surface area contributed by atoms with Gasteiger partial charge in [-0.3, -0.25) is 4.99 Å². The number of guanidine groups is 1. The molecule has 0 spiro atoms. The first-order chi connectivity index (χ1) is 11.9. The van der Waals surface area contributed by atoms with Gasteiger partial charge in [0, 0.05) is 31.7 Å². The summed E-state index contributed by atoms with van der Waals surface area (Å²) in [5.74, 6) is 2.53. The number of halogens is 1. The van der Waals surface area contributed by atoms with E-state index in [9.17, 15) is 8.42 Å². The Kier molecular flexibility index (Phi) is 7.81. The summed E-state index contributed by atoms with van der Waals surface area (Å²) in [6.45, 7) is 3.26. The van der Waals surface area contributed by atoms with Crippen molar-refractivity contribution in [3.8, 4) is 0 Å². The smallest absolute Gasteiger partial charge is 0.194 e. The van der Waals surface area contributed by atoms with E-state index < -0.39 is 9.84 Å². The van der Waals surface area contributed by atoms with Crippen LogP contribution in [0.15, 0.2) is 21.7 Å². The van der Waals surface area contributed by atoms with E-state index >= 15 is 0 Å². The molecule has 1 unspecified atom stereocenters. The van der Waals surface area contributed by atoms with Crippen molar-refractivity contribution in [2.75, 3.05) is 25.1 Å². The van der Waals surface area contributed by atoms with Gasteiger partial charge in [0.1, 0.15) is 5.76 Å². The number of rotatable bonds is 5. The fourth-order valence-corrected chi connectivity index (χ4v) is 5.52. The first-order valence-corrected chi connectivity index (χ1v) is 11.0. The summed E-state index contributed by atoms with van der Waals surface area (Å²) in [5.41, 5.74) is 1.15. The highest BCUT2D eigenvalue weighted by atomic mass is 127. The molecule has 0 radical (unpaired) electrons. The minimum absolute atomic E-state index is 0. The van der Waals surface area contributed by atoms with E-state index in [4.69, 9.17) is 9.41 Å². The van der Waals surface area contributed by atoms with Gasteiger partial charge in [-0.25, -0.2) is 8.42 Å². The van der Waals surface area contributed by atoms with Crippen LogP contribution < -0.4 is 5.32 Å². The Morgan fingerprint density at radius 1 is 1.35 bits per heavy atom. The van der Waals surface area contributed by atoms with E-state index in [1.807, 2.05) is 20.0 Å². The van der Waals surface area contributed by atoms with Crippen LogP contribution in [-0.4, -0.2) is 50.4 Å². The summed E-state index contributed by atoms with van der Waals surface area (Å²) in [6, 6.07) is 2.46. The summed E-state index contributed by atoms with van der Waals surface area (Å²) in [6.07, 6.45) is 7.31. The minimum atomic E-state index is -2.85. The van der Waals surface area contributed by atoms with Gasteiger partial charge < -0.3 is 14.6 Å². The molecule has 2 fully saturated rings. The van der Waals surface area contributed by atoms with Crippen LogP contribution in [0.25, 0.3) is 0 Å². The molecule has 1 saturated heterocycles. The van der Waals surface area contributed by atoms with Crippen LogP contribution in [-0.2, 0) is 16.4 Å². The maximum atomic E-state index is 11.7. The third kappa shape index (κ3) is 5.87. The van der Waals surface area contributed by atoms with E-state index in [0.29, 0.717) is 18.3 Å². The molecular weight excluding hydrogens is 465 g/mol. The van der Waals surface area contributed by atoms with Crippen molar-refractivity contribution in [1.29, 1.82) is 0 Å². The van der Waals surface area contributed by atoms with Crippen molar-refractivity contribution < 1.29 is 12.8 Å². The first kappa shape index (κ1) is 21.5. The van der Waals surface area contributed by atoms with Gasteiger partial charge in [-0.1, -0.05) is 12.8 Å². The number of hydrogen-bond acceptors (Lipinski definition) is 4. The molecule has 148 valence electrons. The highest BCUT2D eigenvalue weighted by molar-refractivity contribution is 14.0. The molecule has 2 aliphatic rings. The number of sulfone groups is 1. The molecule has 2 heterocycles. The second-order valence-corrected chi connectivity index (χ2v) is 9.65. The second kappa shape index (κ2) is 9.43. The molecule has 1 N–H and O–H groups in total. The predicted octanol–water partition coefficient (Wildman–Crippen LogP) is 2.96. The van der Waals surface area contributed by atoms with Crippen LogP contribution in [0.3, 0.4) is 0 Å². The molecule has 0 amide bonds. The number of furan rings is 1. The second-order valence-electron chi connectivity index (χ2n) is 7.42. The maximum absolute atomic E-state index is 11.7. The van der Waals surface area contributed by atoms with Crippen LogP contribution >= 0.6 is 24.0 Å². The van der Waals surface area contributed by atoms with Gasteiger partial charge in [0.2, 0.25) is 0 Å². The summed E-state index contributed by atoms with van der Waals surface area (Å²) >= 11 is 0.